The molecule has 0 aromatic carbocycles. The first-order chi connectivity index (χ1) is 6.27. The molecule has 0 fully saturated rings. The van der Waals surface area contributed by atoms with Gasteiger partial charge in [-0.2, -0.15) is 4.98 Å². The third-order valence-electron chi connectivity index (χ3n) is 1.39. The van der Waals surface area contributed by atoms with Gasteiger partial charge in [0.15, 0.2) is 11.6 Å². The van der Waals surface area contributed by atoms with Crippen molar-refractivity contribution < 1.29 is 4.39 Å². The number of nitrogens with zero attached hydrogens (tertiary/aromatic N) is 4. The molecule has 0 unspecified atom stereocenters. The number of hydrogen-bond donors (Lipinski definition) is 2. The Morgan fingerprint density at radius 1 is 1.46 bits per heavy atom. The zero-order valence-corrected chi connectivity index (χ0v) is 6.40. The van der Waals surface area contributed by atoms with Crippen LogP contribution in [0, 0.1) is 5.82 Å². The van der Waals surface area contributed by atoms with Gasteiger partial charge in [0.2, 0.25) is 5.95 Å². The molecule has 66 valence electrons. The Labute approximate surface area is 72.1 Å². The summed E-state index contributed by atoms with van der Waals surface area (Å²) >= 11 is 0. The number of H-pyrrole nitrogens is 1. The lowest BCUT2D eigenvalue weighted by atomic mass is 10.4. The van der Waals surface area contributed by atoms with E-state index in [1.165, 1.54) is 6.33 Å². The lowest BCUT2D eigenvalue weighted by molar-refractivity contribution is 0.616. The van der Waals surface area contributed by atoms with Crippen molar-refractivity contribution in [3.05, 3.63) is 18.3 Å². The Morgan fingerprint density at radius 2 is 2.31 bits per heavy atom. The number of aromatic nitrogens is 5. The molecule has 0 atom stereocenters. The fourth-order valence-electron chi connectivity index (χ4n) is 0.868. The predicted molar refractivity (Wildman–Crippen MR) is 41.8 cm³/mol. The Kier molecular flexibility index (Phi) is 1.62. The molecular weight excluding hydrogens is 175 g/mol. The van der Waals surface area contributed by atoms with Crippen LogP contribution >= 0.6 is 0 Å². The maximum atomic E-state index is 13.0. The normalized spacial score (nSPS) is 10.2. The van der Waals surface area contributed by atoms with Crippen LogP contribution < -0.4 is 5.73 Å². The Balaban J connectivity index is 2.52. The summed E-state index contributed by atoms with van der Waals surface area (Å²) in [5.41, 5.74) is 5.30. The molecule has 0 bridgehead atoms. The van der Waals surface area contributed by atoms with Crippen molar-refractivity contribution in [3.8, 4) is 11.5 Å². The number of aromatic amines is 1. The van der Waals surface area contributed by atoms with E-state index in [0.29, 0.717) is 0 Å². The van der Waals surface area contributed by atoms with Crippen LogP contribution in [0.4, 0.5) is 10.3 Å². The van der Waals surface area contributed by atoms with Gasteiger partial charge < -0.3 is 5.73 Å². The van der Waals surface area contributed by atoms with E-state index in [2.05, 4.69) is 25.1 Å². The van der Waals surface area contributed by atoms with E-state index in [9.17, 15) is 4.39 Å². The van der Waals surface area contributed by atoms with E-state index < -0.39 is 5.82 Å². The average Bonchev–Trinajstić information content (AvgIpc) is 2.53. The molecule has 0 saturated carbocycles. The van der Waals surface area contributed by atoms with Crippen molar-refractivity contribution in [1.82, 2.24) is 25.1 Å². The number of anilines is 1. The fourth-order valence-corrected chi connectivity index (χ4v) is 0.868. The molecule has 0 amide bonds. The Hall–Kier alpha value is -2.05. The molecule has 3 N–H and O–H groups in total. The van der Waals surface area contributed by atoms with Crippen molar-refractivity contribution in [2.75, 3.05) is 5.73 Å². The second-order valence-electron chi connectivity index (χ2n) is 2.26. The molecule has 7 heteroatoms. The van der Waals surface area contributed by atoms with E-state index in [1.807, 2.05) is 0 Å². The van der Waals surface area contributed by atoms with Gasteiger partial charge in [-0.1, -0.05) is 0 Å². The molecule has 2 heterocycles. The lowest BCUT2D eigenvalue weighted by Gasteiger charge is -1.93. The summed E-state index contributed by atoms with van der Waals surface area (Å²) in [5, 5.41) is 5.99. The molecule has 2 aromatic heterocycles. The Bertz CT molecular complexity index is 425. The molecule has 0 spiro atoms. The van der Waals surface area contributed by atoms with Crippen LogP contribution in [-0.4, -0.2) is 25.1 Å². The predicted octanol–water partition coefficient (Wildman–Crippen LogP) is -0.0170. The maximum Gasteiger partial charge on any atom is 0.239 e. The molecular formula is C6H5FN6. The maximum absolute atomic E-state index is 13.0. The van der Waals surface area contributed by atoms with Gasteiger partial charge in [-0.3, -0.25) is 5.10 Å². The molecule has 0 aliphatic carbocycles. The van der Waals surface area contributed by atoms with E-state index in [1.54, 1.807) is 0 Å². The van der Waals surface area contributed by atoms with Crippen LogP contribution in [0.15, 0.2) is 12.5 Å². The SMILES string of the molecule is Nc1n[nH]c(-c2ncncc2F)n1. The van der Waals surface area contributed by atoms with E-state index in [-0.39, 0.29) is 17.5 Å². The highest BCUT2D eigenvalue weighted by Gasteiger charge is 2.09. The first-order valence-electron chi connectivity index (χ1n) is 3.41. The highest BCUT2D eigenvalue weighted by molar-refractivity contribution is 5.49. The largest absolute Gasteiger partial charge is 0.366 e. The van der Waals surface area contributed by atoms with Gasteiger partial charge in [0.25, 0.3) is 0 Å². The summed E-state index contributed by atoms with van der Waals surface area (Å²) < 4.78 is 13.0. The number of rotatable bonds is 1. The van der Waals surface area contributed by atoms with Crippen LogP contribution in [-0.2, 0) is 0 Å². The highest BCUT2D eigenvalue weighted by Crippen LogP contribution is 2.14. The number of nitrogens with one attached hydrogen (secondary N) is 1. The smallest absolute Gasteiger partial charge is 0.239 e. The number of hydrogen-bond acceptors (Lipinski definition) is 5. The number of halogens is 1. The van der Waals surface area contributed by atoms with Crippen molar-refractivity contribution in [3.63, 3.8) is 0 Å². The lowest BCUT2D eigenvalue weighted by Crippen LogP contribution is -1.92. The van der Waals surface area contributed by atoms with Crippen molar-refractivity contribution in [2.24, 2.45) is 0 Å². The zero-order valence-electron chi connectivity index (χ0n) is 6.40. The first-order valence-corrected chi connectivity index (χ1v) is 3.41. The fraction of sp³-hybridized carbons (Fsp3) is 0. The quantitative estimate of drug-likeness (QED) is 0.643. The monoisotopic (exact) mass is 180 g/mol. The summed E-state index contributed by atoms with van der Waals surface area (Å²) in [6.45, 7) is 0. The van der Waals surface area contributed by atoms with Gasteiger partial charge in [-0.05, 0) is 0 Å². The third-order valence-corrected chi connectivity index (χ3v) is 1.39. The standard InChI is InChI=1S/C6H5FN6/c7-3-1-9-2-10-4(3)5-11-6(8)13-12-5/h1-2H,(H3,8,11,12,13). The first kappa shape index (κ1) is 7.59. The molecule has 2 aromatic rings. The second-order valence-corrected chi connectivity index (χ2v) is 2.26. The average molecular weight is 180 g/mol. The molecule has 0 radical (unpaired) electrons. The molecule has 0 saturated heterocycles. The Morgan fingerprint density at radius 3 is 2.92 bits per heavy atom. The third kappa shape index (κ3) is 1.31. The van der Waals surface area contributed by atoms with Crippen LogP contribution in [0.5, 0.6) is 0 Å². The number of nitrogens with two attached hydrogens (primary N) is 1. The number of nitrogen functional groups attached to an aromatic ring is 1. The van der Waals surface area contributed by atoms with Crippen LogP contribution in [0.25, 0.3) is 11.5 Å². The molecule has 13 heavy (non-hydrogen) atoms. The molecule has 6 nitrogen and oxygen atoms in total. The van der Waals surface area contributed by atoms with Crippen LogP contribution in [0.2, 0.25) is 0 Å². The van der Waals surface area contributed by atoms with Gasteiger partial charge in [0, 0.05) is 0 Å². The van der Waals surface area contributed by atoms with Crippen LogP contribution in [0.3, 0.4) is 0 Å². The van der Waals surface area contributed by atoms with Crippen molar-refractivity contribution in [1.29, 1.82) is 0 Å². The molecule has 0 aliphatic heterocycles. The minimum atomic E-state index is -0.571. The van der Waals surface area contributed by atoms with Crippen molar-refractivity contribution in [2.45, 2.75) is 0 Å². The highest BCUT2D eigenvalue weighted by atomic mass is 19.1. The summed E-state index contributed by atoms with van der Waals surface area (Å²) in [4.78, 5) is 10.9. The van der Waals surface area contributed by atoms with Gasteiger partial charge in [-0.15, -0.1) is 5.10 Å². The van der Waals surface area contributed by atoms with E-state index in [0.717, 1.165) is 6.20 Å². The molecule has 0 aliphatic rings. The van der Waals surface area contributed by atoms with Gasteiger partial charge in [0.1, 0.15) is 12.0 Å². The summed E-state index contributed by atoms with van der Waals surface area (Å²) in [6, 6.07) is 0. The molecule has 2 rings (SSSR count). The van der Waals surface area contributed by atoms with E-state index in [4.69, 9.17) is 5.73 Å². The van der Waals surface area contributed by atoms with Gasteiger partial charge in [0.05, 0.1) is 6.20 Å². The van der Waals surface area contributed by atoms with Crippen LogP contribution in [0.1, 0.15) is 0 Å². The summed E-state index contributed by atoms with van der Waals surface area (Å²) in [7, 11) is 0. The topological polar surface area (TPSA) is 93.4 Å². The minimum Gasteiger partial charge on any atom is -0.366 e. The summed E-state index contributed by atoms with van der Waals surface area (Å²) in [5.74, 6) is -0.330. The van der Waals surface area contributed by atoms with E-state index >= 15 is 0 Å². The zero-order chi connectivity index (χ0) is 9.26. The minimum absolute atomic E-state index is 0.0491. The summed E-state index contributed by atoms with van der Waals surface area (Å²) in [6.07, 6.45) is 2.26. The van der Waals surface area contributed by atoms with Gasteiger partial charge >= 0.3 is 0 Å². The van der Waals surface area contributed by atoms with Gasteiger partial charge in [-0.25, -0.2) is 14.4 Å². The van der Waals surface area contributed by atoms with Crippen molar-refractivity contribution >= 4 is 5.95 Å². The second kappa shape index (κ2) is 2.77.